The highest BCUT2D eigenvalue weighted by molar-refractivity contribution is 6.51. The maximum absolute atomic E-state index is 13.2. The number of anilines is 1. The Morgan fingerprint density at radius 1 is 1.06 bits per heavy atom. The quantitative estimate of drug-likeness (QED) is 0.201. The first-order valence-electron chi connectivity index (χ1n) is 10.8. The van der Waals surface area contributed by atoms with Crippen LogP contribution in [-0.4, -0.2) is 34.4 Å². The first-order valence-corrected chi connectivity index (χ1v) is 11.5. The fourth-order valence-corrected chi connectivity index (χ4v) is 4.09. The first kappa shape index (κ1) is 24.4. The number of amides is 1. The first-order chi connectivity index (χ1) is 16.8. The Morgan fingerprint density at radius 3 is 2.40 bits per heavy atom. The number of carbonyl (C=O) groups excluding carboxylic acids is 3. The second-order valence-electron chi connectivity index (χ2n) is 7.77. The van der Waals surface area contributed by atoms with Gasteiger partial charge in [-0.05, 0) is 60.5 Å². The predicted octanol–water partition coefficient (Wildman–Crippen LogP) is 5.58. The average molecular weight is 511 g/mol. The SMILES string of the molecule is CCCOC(=O)c1ccc(N2C(=O)C(=O)/C(=C(\O)c3ccc(Cl)c(Cl)c3)C2c2cccnc2)cc1. The number of aliphatic hydroxyl groups is 1. The molecule has 1 saturated heterocycles. The van der Waals surface area contributed by atoms with Gasteiger partial charge in [0, 0.05) is 23.6 Å². The summed E-state index contributed by atoms with van der Waals surface area (Å²) in [7, 11) is 0. The molecule has 1 unspecified atom stereocenters. The van der Waals surface area contributed by atoms with Crippen LogP contribution in [0.2, 0.25) is 10.0 Å². The molecule has 9 heteroatoms. The van der Waals surface area contributed by atoms with Crippen molar-refractivity contribution >= 4 is 52.3 Å². The molecule has 1 aliphatic heterocycles. The second kappa shape index (κ2) is 10.3. The molecule has 1 aliphatic rings. The summed E-state index contributed by atoms with van der Waals surface area (Å²) >= 11 is 12.1. The number of pyridine rings is 1. The standard InChI is InChI=1S/C26H20Cl2N2O5/c1-2-12-35-26(34)15-5-8-18(9-6-15)30-22(17-4-3-11-29-14-17)21(24(32)25(30)33)23(31)16-7-10-19(27)20(28)13-16/h3-11,13-14,22,31H,2,12H2,1H3/b23-21-. The van der Waals surface area contributed by atoms with E-state index in [1.54, 1.807) is 30.5 Å². The molecule has 178 valence electrons. The summed E-state index contributed by atoms with van der Waals surface area (Å²) in [6.45, 7) is 2.19. The molecule has 0 spiro atoms. The van der Waals surface area contributed by atoms with Gasteiger partial charge in [0.25, 0.3) is 11.7 Å². The number of hydrogen-bond acceptors (Lipinski definition) is 6. The van der Waals surface area contributed by atoms with E-state index in [-0.39, 0.29) is 21.2 Å². The zero-order valence-corrected chi connectivity index (χ0v) is 20.1. The van der Waals surface area contributed by atoms with Gasteiger partial charge in [0.2, 0.25) is 0 Å². The molecule has 1 fully saturated rings. The van der Waals surface area contributed by atoms with E-state index in [9.17, 15) is 19.5 Å². The predicted molar refractivity (Wildman–Crippen MR) is 132 cm³/mol. The summed E-state index contributed by atoms with van der Waals surface area (Å²) in [4.78, 5) is 43.9. The molecule has 1 aromatic heterocycles. The second-order valence-corrected chi connectivity index (χ2v) is 8.58. The Labute approximate surface area is 211 Å². The van der Waals surface area contributed by atoms with Crippen molar-refractivity contribution in [3.8, 4) is 0 Å². The van der Waals surface area contributed by atoms with Crippen molar-refractivity contribution in [2.24, 2.45) is 0 Å². The minimum atomic E-state index is -0.962. The number of aliphatic hydroxyl groups excluding tert-OH is 1. The van der Waals surface area contributed by atoms with Crippen LogP contribution in [-0.2, 0) is 14.3 Å². The normalized spacial score (nSPS) is 17.0. The van der Waals surface area contributed by atoms with Crippen LogP contribution in [0.15, 0.2) is 72.6 Å². The molecule has 0 aliphatic carbocycles. The number of ether oxygens (including phenoxy) is 1. The topological polar surface area (TPSA) is 96.8 Å². The molecule has 1 N–H and O–H groups in total. The Hall–Kier alpha value is -3.68. The maximum atomic E-state index is 13.2. The van der Waals surface area contributed by atoms with Gasteiger partial charge in [0.05, 0.1) is 33.8 Å². The van der Waals surface area contributed by atoms with E-state index in [2.05, 4.69) is 4.98 Å². The van der Waals surface area contributed by atoms with Crippen LogP contribution in [0.3, 0.4) is 0 Å². The van der Waals surface area contributed by atoms with E-state index < -0.39 is 29.5 Å². The van der Waals surface area contributed by atoms with E-state index >= 15 is 0 Å². The van der Waals surface area contributed by atoms with Crippen molar-refractivity contribution in [1.29, 1.82) is 0 Å². The maximum Gasteiger partial charge on any atom is 0.338 e. The summed E-state index contributed by atoms with van der Waals surface area (Å²) in [5.74, 6) is -2.57. The molecule has 2 aromatic carbocycles. The summed E-state index contributed by atoms with van der Waals surface area (Å²) in [6, 6.07) is 13.0. The van der Waals surface area contributed by atoms with Gasteiger partial charge in [-0.2, -0.15) is 0 Å². The number of rotatable bonds is 6. The van der Waals surface area contributed by atoms with Crippen LogP contribution < -0.4 is 4.90 Å². The zero-order valence-electron chi connectivity index (χ0n) is 18.6. The number of aromatic nitrogens is 1. The number of carbonyl (C=O) groups is 3. The highest BCUT2D eigenvalue weighted by atomic mass is 35.5. The fourth-order valence-electron chi connectivity index (χ4n) is 3.79. The number of esters is 1. The van der Waals surface area contributed by atoms with Gasteiger partial charge < -0.3 is 9.84 Å². The van der Waals surface area contributed by atoms with Crippen LogP contribution in [0.1, 0.15) is 40.9 Å². The molecular weight excluding hydrogens is 491 g/mol. The Bertz CT molecular complexity index is 1320. The lowest BCUT2D eigenvalue weighted by Crippen LogP contribution is -2.29. The lowest BCUT2D eigenvalue weighted by atomic mass is 9.96. The molecule has 4 rings (SSSR count). The molecule has 0 bridgehead atoms. The number of nitrogens with zero attached hydrogens (tertiary/aromatic N) is 2. The van der Waals surface area contributed by atoms with Crippen LogP contribution in [0, 0.1) is 0 Å². The molecule has 7 nitrogen and oxygen atoms in total. The van der Waals surface area contributed by atoms with Crippen LogP contribution in [0.4, 0.5) is 5.69 Å². The van der Waals surface area contributed by atoms with Crippen molar-refractivity contribution in [3.63, 3.8) is 0 Å². The fraction of sp³-hybridized carbons (Fsp3) is 0.154. The molecule has 2 heterocycles. The molecule has 1 amide bonds. The van der Waals surface area contributed by atoms with Gasteiger partial charge >= 0.3 is 5.97 Å². The average Bonchev–Trinajstić information content (AvgIpc) is 3.14. The Morgan fingerprint density at radius 2 is 1.77 bits per heavy atom. The number of benzene rings is 2. The number of Topliss-reactive ketones (excluding diaryl/α,β-unsaturated/α-hetero) is 1. The van der Waals surface area contributed by atoms with E-state index in [1.165, 1.54) is 41.4 Å². The smallest absolute Gasteiger partial charge is 0.338 e. The van der Waals surface area contributed by atoms with E-state index in [0.29, 0.717) is 29.8 Å². The van der Waals surface area contributed by atoms with Crippen LogP contribution >= 0.6 is 23.2 Å². The number of hydrogen-bond donors (Lipinski definition) is 1. The van der Waals surface area contributed by atoms with Crippen molar-refractivity contribution in [2.45, 2.75) is 19.4 Å². The lowest BCUT2D eigenvalue weighted by molar-refractivity contribution is -0.132. The summed E-state index contributed by atoms with van der Waals surface area (Å²) < 4.78 is 5.14. The van der Waals surface area contributed by atoms with Gasteiger partial charge in [-0.15, -0.1) is 0 Å². The van der Waals surface area contributed by atoms with Gasteiger partial charge in [-0.25, -0.2) is 4.79 Å². The molecule has 3 aromatic rings. The number of ketones is 1. The third-order valence-electron chi connectivity index (χ3n) is 5.46. The third-order valence-corrected chi connectivity index (χ3v) is 6.20. The largest absolute Gasteiger partial charge is 0.507 e. The zero-order chi connectivity index (χ0) is 25.1. The van der Waals surface area contributed by atoms with Crippen LogP contribution in [0.5, 0.6) is 0 Å². The lowest BCUT2D eigenvalue weighted by Gasteiger charge is -2.25. The van der Waals surface area contributed by atoms with Crippen molar-refractivity contribution < 1.29 is 24.2 Å². The van der Waals surface area contributed by atoms with Crippen molar-refractivity contribution in [2.75, 3.05) is 11.5 Å². The van der Waals surface area contributed by atoms with Gasteiger partial charge in [0.15, 0.2) is 0 Å². The highest BCUT2D eigenvalue weighted by Gasteiger charge is 2.47. The summed E-state index contributed by atoms with van der Waals surface area (Å²) in [5, 5.41) is 11.6. The summed E-state index contributed by atoms with van der Waals surface area (Å²) in [5.41, 5.74) is 1.31. The van der Waals surface area contributed by atoms with Crippen molar-refractivity contribution in [1.82, 2.24) is 4.98 Å². The van der Waals surface area contributed by atoms with Gasteiger partial charge in [0.1, 0.15) is 5.76 Å². The minimum absolute atomic E-state index is 0.118. The van der Waals surface area contributed by atoms with Crippen LogP contribution in [0.25, 0.3) is 5.76 Å². The van der Waals surface area contributed by atoms with E-state index in [1.807, 2.05) is 6.92 Å². The molecule has 35 heavy (non-hydrogen) atoms. The summed E-state index contributed by atoms with van der Waals surface area (Å²) in [6.07, 6.45) is 3.77. The Kier molecular flexibility index (Phi) is 7.19. The highest BCUT2D eigenvalue weighted by Crippen LogP contribution is 2.42. The van der Waals surface area contributed by atoms with E-state index in [4.69, 9.17) is 27.9 Å². The molecule has 1 atom stereocenters. The van der Waals surface area contributed by atoms with E-state index in [0.717, 1.165) is 0 Å². The number of halogens is 2. The molecular formula is C26H20Cl2N2O5. The monoisotopic (exact) mass is 510 g/mol. The third kappa shape index (κ3) is 4.78. The Balaban J connectivity index is 1.82. The molecule has 0 saturated carbocycles. The van der Waals surface area contributed by atoms with Crippen molar-refractivity contribution in [3.05, 3.63) is 99.3 Å². The van der Waals surface area contributed by atoms with Gasteiger partial charge in [-0.3, -0.25) is 19.5 Å². The van der Waals surface area contributed by atoms with Gasteiger partial charge in [-0.1, -0.05) is 36.2 Å². The molecule has 0 radical (unpaired) electrons. The minimum Gasteiger partial charge on any atom is -0.507 e.